The summed E-state index contributed by atoms with van der Waals surface area (Å²) in [5.74, 6) is 3.22. The molecule has 4 nitrogen and oxygen atoms in total. The molecular weight excluding hydrogens is 310 g/mol. The van der Waals surface area contributed by atoms with E-state index >= 15 is 0 Å². The number of aliphatic imine (C=N–C) groups is 1. The molecule has 0 radical (unpaired) electrons. The maximum Gasteiger partial charge on any atom is 0.202 e. The third-order valence-corrected chi connectivity index (χ3v) is 7.21. The van der Waals surface area contributed by atoms with Crippen molar-refractivity contribution in [1.82, 2.24) is 9.88 Å². The van der Waals surface area contributed by atoms with Gasteiger partial charge >= 0.3 is 0 Å². The molecule has 4 fully saturated rings. The Bertz CT molecular complexity index is 880. The Hall–Kier alpha value is -1.94. The highest BCUT2D eigenvalue weighted by Crippen LogP contribution is 2.54. The smallest absolute Gasteiger partial charge is 0.202 e. The summed E-state index contributed by atoms with van der Waals surface area (Å²) in [4.78, 5) is 11.8. The molecule has 0 N–H and O–H groups in total. The summed E-state index contributed by atoms with van der Waals surface area (Å²) in [6.45, 7) is 0. The van der Waals surface area contributed by atoms with E-state index in [1.807, 2.05) is 18.5 Å². The lowest BCUT2D eigenvalue weighted by Crippen LogP contribution is -2.59. The van der Waals surface area contributed by atoms with Gasteiger partial charge in [-0.05, 0) is 68.5 Å². The monoisotopic (exact) mass is 333 g/mol. The number of rotatable bonds is 0. The number of aromatic nitrogens is 1. The first kappa shape index (κ1) is 14.3. The number of fused-ring (bicyclic) bond motifs is 3. The minimum atomic E-state index is -0.364. The van der Waals surface area contributed by atoms with Crippen LogP contribution in [0.4, 0.5) is 5.69 Å². The predicted octanol–water partition coefficient (Wildman–Crippen LogP) is 4.17. The standard InChI is InChI=1S/C21H23N3O/c1-24-17-9-13-6-14(10-17)8-16(7-13)21(24)12-23-20-18-11-22-5-4-15(18)2-3-19(20)25-21/h2-5,11-14,16-17H,6-10H2,1H3/t13-,14+,16?,17?,21-/m0/s1. The molecule has 7 rings (SSSR count). The van der Waals surface area contributed by atoms with Crippen LogP contribution in [0.5, 0.6) is 5.75 Å². The molecule has 1 aromatic heterocycles. The van der Waals surface area contributed by atoms with E-state index in [0.29, 0.717) is 12.0 Å². The van der Waals surface area contributed by atoms with Crippen molar-refractivity contribution in [3.63, 3.8) is 0 Å². The van der Waals surface area contributed by atoms with Crippen LogP contribution < -0.4 is 4.74 Å². The minimum Gasteiger partial charge on any atom is -0.465 e. The van der Waals surface area contributed by atoms with Gasteiger partial charge < -0.3 is 4.74 Å². The lowest BCUT2D eigenvalue weighted by atomic mass is 9.67. The van der Waals surface area contributed by atoms with Crippen LogP contribution in [0, 0.1) is 17.8 Å². The fourth-order valence-electron chi connectivity index (χ4n) is 6.10. The van der Waals surface area contributed by atoms with Gasteiger partial charge in [0.05, 0.1) is 6.21 Å². The number of hydrogen-bond acceptors (Lipinski definition) is 4. The highest BCUT2D eigenvalue weighted by Gasteiger charge is 2.56. The van der Waals surface area contributed by atoms with Gasteiger partial charge in [0.25, 0.3) is 0 Å². The summed E-state index contributed by atoms with van der Waals surface area (Å²) in [7, 11) is 2.26. The van der Waals surface area contributed by atoms with Crippen molar-refractivity contribution in [1.29, 1.82) is 0 Å². The fraction of sp³-hybridized carbons (Fsp3) is 0.524. The summed E-state index contributed by atoms with van der Waals surface area (Å²) in [6, 6.07) is 6.89. The minimum absolute atomic E-state index is 0.364. The number of benzene rings is 1. The third kappa shape index (κ3) is 1.86. The number of ether oxygens (including phenoxy) is 1. The van der Waals surface area contributed by atoms with Gasteiger partial charge in [-0.2, -0.15) is 0 Å². The summed E-state index contributed by atoms with van der Waals surface area (Å²) in [5, 5.41) is 2.24. The molecule has 2 saturated heterocycles. The Labute approximate surface area is 147 Å². The van der Waals surface area contributed by atoms with Crippen LogP contribution in [-0.2, 0) is 0 Å². The summed E-state index contributed by atoms with van der Waals surface area (Å²) in [5.41, 5.74) is 0.575. The average Bonchev–Trinajstić information content (AvgIpc) is 2.76. The van der Waals surface area contributed by atoms with Crippen molar-refractivity contribution in [2.24, 2.45) is 22.7 Å². The molecule has 5 aliphatic rings. The van der Waals surface area contributed by atoms with Gasteiger partial charge in [0.1, 0.15) is 11.4 Å². The Morgan fingerprint density at radius 1 is 1.08 bits per heavy atom. The van der Waals surface area contributed by atoms with Gasteiger partial charge in [-0.1, -0.05) is 6.07 Å². The van der Waals surface area contributed by atoms with E-state index in [1.165, 1.54) is 37.5 Å². The zero-order valence-corrected chi connectivity index (χ0v) is 14.6. The van der Waals surface area contributed by atoms with Gasteiger partial charge in [-0.25, -0.2) is 0 Å². The molecular formula is C21H23N3O. The van der Waals surface area contributed by atoms with Gasteiger partial charge in [0, 0.05) is 29.7 Å². The molecule has 4 heteroatoms. The first-order valence-corrected chi connectivity index (χ1v) is 9.57. The van der Waals surface area contributed by atoms with Crippen LogP contribution in [0.3, 0.4) is 0 Å². The molecule has 0 amide bonds. The molecule has 2 aliphatic carbocycles. The van der Waals surface area contributed by atoms with E-state index in [1.54, 1.807) is 0 Å². The predicted molar refractivity (Wildman–Crippen MR) is 98.4 cm³/mol. The molecule has 4 heterocycles. The molecule has 2 unspecified atom stereocenters. The van der Waals surface area contributed by atoms with Crippen molar-refractivity contribution in [3.8, 4) is 5.75 Å². The number of hydrogen-bond donors (Lipinski definition) is 0. The average molecular weight is 333 g/mol. The van der Waals surface area contributed by atoms with Crippen LogP contribution in [0.15, 0.2) is 35.6 Å². The third-order valence-electron chi connectivity index (χ3n) is 7.21. The molecule has 1 spiro atoms. The highest BCUT2D eigenvalue weighted by molar-refractivity contribution is 5.97. The SMILES string of the molecule is CN1C2C[C@@H]3CC(C[C@H](C2)C3)[C@@]12C=Nc1c(ccc3ccncc13)O2. The van der Waals surface area contributed by atoms with Crippen molar-refractivity contribution in [2.45, 2.75) is 43.9 Å². The second kappa shape index (κ2) is 4.82. The second-order valence-electron chi connectivity index (χ2n) is 8.49. The first-order valence-electron chi connectivity index (χ1n) is 9.57. The van der Waals surface area contributed by atoms with Gasteiger partial charge in [-0.3, -0.25) is 14.9 Å². The van der Waals surface area contributed by atoms with E-state index in [-0.39, 0.29) is 5.72 Å². The van der Waals surface area contributed by atoms with Crippen LogP contribution in [0.1, 0.15) is 32.1 Å². The van der Waals surface area contributed by atoms with Gasteiger partial charge in [0.2, 0.25) is 5.72 Å². The molecule has 5 atom stereocenters. The Morgan fingerprint density at radius 3 is 2.76 bits per heavy atom. The lowest BCUT2D eigenvalue weighted by molar-refractivity contribution is -0.0623. The molecule has 4 bridgehead atoms. The maximum absolute atomic E-state index is 6.79. The van der Waals surface area contributed by atoms with Crippen molar-refractivity contribution in [2.75, 3.05) is 7.05 Å². The molecule has 128 valence electrons. The Kier molecular flexibility index (Phi) is 2.75. The van der Waals surface area contributed by atoms with Crippen LogP contribution >= 0.6 is 0 Å². The van der Waals surface area contributed by atoms with E-state index in [4.69, 9.17) is 9.73 Å². The van der Waals surface area contributed by atoms with Crippen LogP contribution in [-0.4, -0.2) is 34.9 Å². The molecule has 2 saturated carbocycles. The molecule has 25 heavy (non-hydrogen) atoms. The van der Waals surface area contributed by atoms with E-state index < -0.39 is 0 Å². The number of pyridine rings is 1. The van der Waals surface area contributed by atoms with Crippen LogP contribution in [0.25, 0.3) is 10.8 Å². The maximum atomic E-state index is 6.79. The molecule has 3 aliphatic heterocycles. The first-order chi connectivity index (χ1) is 12.2. The zero-order chi connectivity index (χ0) is 16.6. The summed E-state index contributed by atoms with van der Waals surface area (Å²) in [6.07, 6.45) is 12.5. The molecule has 1 aromatic carbocycles. The summed E-state index contributed by atoms with van der Waals surface area (Å²) >= 11 is 0. The van der Waals surface area contributed by atoms with Crippen LogP contribution in [0.2, 0.25) is 0 Å². The van der Waals surface area contributed by atoms with E-state index in [9.17, 15) is 0 Å². The fourth-order valence-corrected chi connectivity index (χ4v) is 6.10. The quantitative estimate of drug-likeness (QED) is 0.726. The largest absolute Gasteiger partial charge is 0.465 e. The lowest BCUT2D eigenvalue weighted by Gasteiger charge is -2.45. The highest BCUT2D eigenvalue weighted by atomic mass is 16.5. The van der Waals surface area contributed by atoms with Gasteiger partial charge in [0.15, 0.2) is 0 Å². The van der Waals surface area contributed by atoms with Gasteiger partial charge in [-0.15, -0.1) is 0 Å². The number of nitrogens with zero attached hydrogens (tertiary/aromatic N) is 3. The van der Waals surface area contributed by atoms with E-state index in [0.717, 1.165) is 28.7 Å². The van der Waals surface area contributed by atoms with Crippen molar-refractivity contribution >= 4 is 22.7 Å². The topological polar surface area (TPSA) is 37.7 Å². The zero-order valence-electron chi connectivity index (χ0n) is 14.6. The van der Waals surface area contributed by atoms with Crippen molar-refractivity contribution in [3.05, 3.63) is 30.6 Å². The normalized spacial score (nSPS) is 38.8. The summed E-state index contributed by atoms with van der Waals surface area (Å²) < 4.78 is 6.79. The van der Waals surface area contributed by atoms with Crippen molar-refractivity contribution < 1.29 is 4.74 Å². The Morgan fingerprint density at radius 2 is 1.92 bits per heavy atom. The molecule has 2 aromatic rings. The second-order valence-corrected chi connectivity index (χ2v) is 8.49. The Balaban J connectivity index is 1.50. The van der Waals surface area contributed by atoms with E-state index in [2.05, 4.69) is 35.3 Å².